The summed E-state index contributed by atoms with van der Waals surface area (Å²) in [6, 6.07) is 18.4. The second-order valence-corrected chi connectivity index (χ2v) is 7.32. The van der Waals surface area contributed by atoms with Crippen molar-refractivity contribution in [3.05, 3.63) is 71.3 Å². The van der Waals surface area contributed by atoms with Gasteiger partial charge in [-0.25, -0.2) is 0 Å². The molecule has 2 atom stereocenters. The highest BCUT2D eigenvalue weighted by molar-refractivity contribution is 6.02. The van der Waals surface area contributed by atoms with Crippen LogP contribution in [0.15, 0.2) is 60.2 Å². The molecule has 2 aromatic rings. The van der Waals surface area contributed by atoms with Gasteiger partial charge < -0.3 is 9.64 Å². The molecule has 2 unspecified atom stereocenters. The minimum Gasteiger partial charge on any atom is -0.497 e. The number of Topliss-reactive ketones (excluding diaryl/α,β-unsaturated/α-hetero) is 1. The van der Waals surface area contributed by atoms with Crippen molar-refractivity contribution < 1.29 is 9.53 Å². The quantitative estimate of drug-likeness (QED) is 0.749. The zero-order chi connectivity index (χ0) is 18.5. The third kappa shape index (κ3) is 4.41. The number of ketones is 1. The molecule has 0 amide bonds. The van der Waals surface area contributed by atoms with Crippen molar-refractivity contribution in [3.63, 3.8) is 0 Å². The van der Waals surface area contributed by atoms with Crippen LogP contribution in [0.4, 0.5) is 0 Å². The number of methoxy groups -OCH3 is 1. The van der Waals surface area contributed by atoms with Crippen molar-refractivity contribution in [2.45, 2.75) is 18.8 Å². The highest BCUT2D eigenvalue weighted by Gasteiger charge is 2.33. The van der Waals surface area contributed by atoms with Crippen LogP contribution in [0.2, 0.25) is 0 Å². The first-order valence-corrected chi connectivity index (χ1v) is 9.15. The summed E-state index contributed by atoms with van der Waals surface area (Å²) in [7, 11) is 5.73. The van der Waals surface area contributed by atoms with E-state index in [2.05, 4.69) is 29.2 Å². The molecule has 1 aliphatic carbocycles. The van der Waals surface area contributed by atoms with E-state index in [1.165, 1.54) is 5.56 Å². The maximum absolute atomic E-state index is 13.1. The van der Waals surface area contributed by atoms with Gasteiger partial charge in [-0.3, -0.25) is 4.79 Å². The molecule has 0 N–H and O–H groups in total. The molecule has 26 heavy (non-hydrogen) atoms. The lowest BCUT2D eigenvalue weighted by Gasteiger charge is -2.32. The van der Waals surface area contributed by atoms with E-state index in [9.17, 15) is 4.79 Å². The Hall–Kier alpha value is -2.39. The number of nitrogens with zero attached hydrogens (tertiary/aromatic N) is 1. The van der Waals surface area contributed by atoms with Crippen molar-refractivity contribution in [1.82, 2.24) is 4.90 Å². The summed E-state index contributed by atoms with van der Waals surface area (Å²) in [5.74, 6) is 1.53. The lowest BCUT2D eigenvalue weighted by Crippen LogP contribution is -2.34. The first kappa shape index (κ1) is 18.4. The second-order valence-electron chi connectivity index (χ2n) is 7.32. The number of rotatable bonds is 5. The average Bonchev–Trinajstić information content (AvgIpc) is 2.65. The summed E-state index contributed by atoms with van der Waals surface area (Å²) in [5.41, 5.74) is 3.26. The predicted molar refractivity (Wildman–Crippen MR) is 106 cm³/mol. The van der Waals surface area contributed by atoms with Gasteiger partial charge in [0.05, 0.1) is 7.11 Å². The van der Waals surface area contributed by atoms with Crippen LogP contribution in [0.1, 0.15) is 29.9 Å². The second kappa shape index (κ2) is 8.33. The van der Waals surface area contributed by atoms with Crippen molar-refractivity contribution in [2.24, 2.45) is 5.92 Å². The number of carbonyl (C=O) groups excluding carboxylic acids is 1. The van der Waals surface area contributed by atoms with Crippen molar-refractivity contribution in [2.75, 3.05) is 27.7 Å². The van der Waals surface area contributed by atoms with Crippen LogP contribution in [-0.2, 0) is 4.79 Å². The van der Waals surface area contributed by atoms with Gasteiger partial charge in [-0.2, -0.15) is 0 Å². The third-order valence-corrected chi connectivity index (χ3v) is 5.01. The molecule has 3 heteroatoms. The van der Waals surface area contributed by atoms with Gasteiger partial charge >= 0.3 is 0 Å². The Kier molecular flexibility index (Phi) is 5.89. The van der Waals surface area contributed by atoms with Crippen LogP contribution in [0.3, 0.4) is 0 Å². The van der Waals surface area contributed by atoms with Gasteiger partial charge in [0, 0.05) is 12.5 Å². The van der Waals surface area contributed by atoms with E-state index in [0.717, 1.165) is 36.3 Å². The van der Waals surface area contributed by atoms with E-state index in [4.69, 9.17) is 4.74 Å². The Bertz CT molecular complexity index is 780. The van der Waals surface area contributed by atoms with Crippen molar-refractivity contribution >= 4 is 11.9 Å². The summed E-state index contributed by atoms with van der Waals surface area (Å²) in [6.07, 6.45) is 3.75. The van der Waals surface area contributed by atoms with Gasteiger partial charge in [-0.15, -0.1) is 0 Å². The zero-order valence-corrected chi connectivity index (χ0v) is 15.8. The summed E-state index contributed by atoms with van der Waals surface area (Å²) in [6.45, 7) is 0.789. The number of carbonyl (C=O) groups is 1. The van der Waals surface area contributed by atoms with Crippen LogP contribution >= 0.6 is 0 Å². The predicted octanol–water partition coefficient (Wildman–Crippen LogP) is 4.40. The fourth-order valence-electron chi connectivity index (χ4n) is 3.80. The summed E-state index contributed by atoms with van der Waals surface area (Å²) >= 11 is 0. The van der Waals surface area contributed by atoms with Crippen LogP contribution < -0.4 is 4.74 Å². The van der Waals surface area contributed by atoms with Gasteiger partial charge in [-0.05, 0) is 67.8 Å². The van der Waals surface area contributed by atoms with Crippen LogP contribution in [-0.4, -0.2) is 38.4 Å². The Morgan fingerprint density at radius 3 is 2.58 bits per heavy atom. The minimum absolute atomic E-state index is 0.0424. The van der Waals surface area contributed by atoms with Crippen LogP contribution in [0.25, 0.3) is 6.08 Å². The fourth-order valence-corrected chi connectivity index (χ4v) is 3.80. The lowest BCUT2D eigenvalue weighted by atomic mass is 9.74. The van der Waals surface area contributed by atoms with E-state index in [1.54, 1.807) is 7.11 Å². The van der Waals surface area contributed by atoms with Gasteiger partial charge in [0.15, 0.2) is 5.78 Å². The normalized spacial score (nSPS) is 22.0. The largest absolute Gasteiger partial charge is 0.497 e. The lowest BCUT2D eigenvalue weighted by molar-refractivity contribution is -0.121. The van der Waals surface area contributed by atoms with Crippen molar-refractivity contribution in [1.29, 1.82) is 0 Å². The minimum atomic E-state index is 0.0424. The molecule has 1 aliphatic rings. The molecule has 1 fully saturated rings. The molecule has 1 saturated carbocycles. The number of hydrogen-bond donors (Lipinski definition) is 0. The molecule has 3 nitrogen and oxygen atoms in total. The molecule has 0 heterocycles. The van der Waals surface area contributed by atoms with Gasteiger partial charge in [-0.1, -0.05) is 42.5 Å². The van der Waals surface area contributed by atoms with Gasteiger partial charge in [0.2, 0.25) is 0 Å². The molecule has 0 aliphatic heterocycles. The van der Waals surface area contributed by atoms with E-state index < -0.39 is 0 Å². The summed E-state index contributed by atoms with van der Waals surface area (Å²) < 4.78 is 5.31. The van der Waals surface area contributed by atoms with Crippen molar-refractivity contribution in [3.8, 4) is 5.75 Å². The topological polar surface area (TPSA) is 29.5 Å². The number of benzene rings is 2. The molecule has 0 spiro atoms. The molecular weight excluding hydrogens is 322 g/mol. The van der Waals surface area contributed by atoms with E-state index >= 15 is 0 Å². The molecule has 0 aromatic heterocycles. The standard InChI is InChI=1S/C23H27NO2/c1-24(2)16-21-15-19(18-9-5-4-6-10-18)14-20(23(21)25)12-17-8-7-11-22(13-17)26-3/h4-13,19,21H,14-16H2,1-3H3. The fraction of sp³-hybridized carbons (Fsp3) is 0.348. The molecule has 136 valence electrons. The highest BCUT2D eigenvalue weighted by Crippen LogP contribution is 2.38. The highest BCUT2D eigenvalue weighted by atomic mass is 16.5. The molecule has 2 aromatic carbocycles. The van der Waals surface area contributed by atoms with E-state index in [0.29, 0.717) is 5.92 Å². The van der Waals surface area contributed by atoms with Gasteiger partial charge in [0.1, 0.15) is 5.75 Å². The number of ether oxygens (including phenoxy) is 1. The molecule has 0 radical (unpaired) electrons. The monoisotopic (exact) mass is 349 g/mol. The maximum atomic E-state index is 13.1. The zero-order valence-electron chi connectivity index (χ0n) is 15.8. The summed E-state index contributed by atoms with van der Waals surface area (Å²) in [5, 5.41) is 0. The first-order chi connectivity index (χ1) is 12.6. The Morgan fingerprint density at radius 1 is 1.12 bits per heavy atom. The van der Waals surface area contributed by atoms with E-state index in [1.807, 2.05) is 50.5 Å². The maximum Gasteiger partial charge on any atom is 0.163 e. The Balaban J connectivity index is 1.93. The Labute approximate surface area is 156 Å². The molecular formula is C23H27NO2. The third-order valence-electron chi connectivity index (χ3n) is 5.01. The van der Waals surface area contributed by atoms with Crippen LogP contribution in [0, 0.1) is 5.92 Å². The van der Waals surface area contributed by atoms with E-state index in [-0.39, 0.29) is 11.7 Å². The molecule has 0 saturated heterocycles. The van der Waals surface area contributed by atoms with Crippen LogP contribution in [0.5, 0.6) is 5.75 Å². The summed E-state index contributed by atoms with van der Waals surface area (Å²) in [4.78, 5) is 15.2. The molecule has 0 bridgehead atoms. The molecule has 3 rings (SSSR count). The Morgan fingerprint density at radius 2 is 1.88 bits per heavy atom. The number of allylic oxidation sites excluding steroid dienone is 1. The first-order valence-electron chi connectivity index (χ1n) is 9.15. The van der Waals surface area contributed by atoms with Gasteiger partial charge in [0.25, 0.3) is 0 Å². The smallest absolute Gasteiger partial charge is 0.163 e. The number of hydrogen-bond acceptors (Lipinski definition) is 3. The average molecular weight is 349 g/mol. The SMILES string of the molecule is COc1cccc(C=C2CC(c3ccccc3)CC(CN(C)C)C2=O)c1.